The molecule has 4 N–H and O–H groups in total. The van der Waals surface area contributed by atoms with E-state index >= 15 is 0 Å². The van der Waals surface area contributed by atoms with Gasteiger partial charge in [0.2, 0.25) is 11.9 Å². The Bertz CT molecular complexity index is 1480. The van der Waals surface area contributed by atoms with E-state index in [0.717, 1.165) is 16.5 Å². The molecule has 4 aromatic rings. The molecule has 0 bridgehead atoms. The fourth-order valence-electron chi connectivity index (χ4n) is 4.26. The fraction of sp³-hybridized carbons (Fsp3) is 0.214. The average Bonchev–Trinajstić information content (AvgIpc) is 2.91. The Kier molecular flexibility index (Phi) is 7.24. The van der Waals surface area contributed by atoms with Crippen molar-refractivity contribution in [1.29, 1.82) is 0 Å². The van der Waals surface area contributed by atoms with Gasteiger partial charge in [-0.1, -0.05) is 26.0 Å². The highest BCUT2D eigenvalue weighted by Gasteiger charge is 2.21. The maximum Gasteiger partial charge on any atom is 0.255 e. The van der Waals surface area contributed by atoms with Gasteiger partial charge in [-0.15, -0.1) is 0 Å². The third-order valence-electron chi connectivity index (χ3n) is 6.04. The fourth-order valence-corrected chi connectivity index (χ4v) is 4.26. The molecule has 0 spiro atoms. The van der Waals surface area contributed by atoms with Crippen molar-refractivity contribution in [2.75, 3.05) is 31.9 Å². The Morgan fingerprint density at radius 1 is 0.919 bits per heavy atom. The van der Waals surface area contributed by atoms with E-state index in [2.05, 4.69) is 29.5 Å². The first-order valence-electron chi connectivity index (χ1n) is 11.7. The Morgan fingerprint density at radius 2 is 1.57 bits per heavy atom. The number of anilines is 2. The minimum atomic E-state index is -0.547. The largest absolute Gasteiger partial charge is 0.493 e. The van der Waals surface area contributed by atoms with Crippen LogP contribution in [0.4, 0.5) is 11.6 Å². The molecule has 0 aliphatic heterocycles. The molecule has 9 heteroatoms. The van der Waals surface area contributed by atoms with E-state index in [4.69, 9.17) is 20.2 Å². The SMILES string of the molecule is CNc1nc(-c2cccc(NC(=O)c3ccc(C(N)=O)cc3)c2C(C)C)c2cc(OC)c(OC)cc2n1. The molecule has 9 nitrogen and oxygen atoms in total. The summed E-state index contributed by atoms with van der Waals surface area (Å²) in [4.78, 5) is 33.9. The molecule has 0 aliphatic rings. The van der Waals surface area contributed by atoms with Gasteiger partial charge in [0.15, 0.2) is 11.5 Å². The third kappa shape index (κ3) is 5.02. The molecule has 0 unspecified atom stereocenters. The summed E-state index contributed by atoms with van der Waals surface area (Å²) < 4.78 is 11.0. The van der Waals surface area contributed by atoms with Crippen molar-refractivity contribution >= 4 is 34.4 Å². The summed E-state index contributed by atoms with van der Waals surface area (Å²) in [6, 6.07) is 15.6. The summed E-state index contributed by atoms with van der Waals surface area (Å²) in [5, 5.41) is 6.84. The number of fused-ring (bicyclic) bond motifs is 1. The van der Waals surface area contributed by atoms with Crippen LogP contribution in [0, 0.1) is 0 Å². The minimum absolute atomic E-state index is 0.0481. The molecule has 190 valence electrons. The van der Waals surface area contributed by atoms with Gasteiger partial charge < -0.3 is 25.8 Å². The van der Waals surface area contributed by atoms with E-state index < -0.39 is 5.91 Å². The topological polar surface area (TPSA) is 128 Å². The van der Waals surface area contributed by atoms with Gasteiger partial charge in [0.25, 0.3) is 5.91 Å². The molecule has 4 rings (SSSR count). The van der Waals surface area contributed by atoms with Gasteiger partial charge in [-0.05, 0) is 47.9 Å². The molecule has 0 fully saturated rings. The smallest absolute Gasteiger partial charge is 0.255 e. The summed E-state index contributed by atoms with van der Waals surface area (Å²) in [6.45, 7) is 4.12. The Balaban J connectivity index is 1.86. The van der Waals surface area contributed by atoms with Crippen molar-refractivity contribution in [1.82, 2.24) is 9.97 Å². The number of methoxy groups -OCH3 is 2. The predicted octanol–water partition coefficient (Wildman–Crippen LogP) is 4.83. The van der Waals surface area contributed by atoms with E-state index in [0.29, 0.717) is 45.5 Å². The first-order valence-corrected chi connectivity index (χ1v) is 11.7. The summed E-state index contributed by atoms with van der Waals surface area (Å²) in [7, 11) is 4.92. The quantitative estimate of drug-likeness (QED) is 0.317. The number of nitrogens with one attached hydrogen (secondary N) is 2. The van der Waals surface area contributed by atoms with E-state index in [1.165, 1.54) is 12.1 Å². The molecule has 1 heterocycles. The number of amides is 2. The van der Waals surface area contributed by atoms with Gasteiger partial charge in [-0.2, -0.15) is 0 Å². The average molecular weight is 500 g/mol. The van der Waals surface area contributed by atoms with Crippen molar-refractivity contribution in [3.05, 3.63) is 71.3 Å². The summed E-state index contributed by atoms with van der Waals surface area (Å²) in [5.74, 6) is 0.778. The Morgan fingerprint density at radius 3 is 2.16 bits per heavy atom. The number of nitrogens with zero attached hydrogens (tertiary/aromatic N) is 2. The highest BCUT2D eigenvalue weighted by atomic mass is 16.5. The molecule has 1 aromatic heterocycles. The van der Waals surface area contributed by atoms with Crippen LogP contribution < -0.4 is 25.8 Å². The van der Waals surface area contributed by atoms with E-state index in [9.17, 15) is 9.59 Å². The lowest BCUT2D eigenvalue weighted by Crippen LogP contribution is -2.15. The van der Waals surface area contributed by atoms with Crippen LogP contribution in [0.25, 0.3) is 22.2 Å². The highest BCUT2D eigenvalue weighted by molar-refractivity contribution is 6.06. The van der Waals surface area contributed by atoms with E-state index in [1.807, 2.05) is 30.3 Å². The molecule has 3 aromatic carbocycles. The van der Waals surface area contributed by atoms with Crippen molar-refractivity contribution < 1.29 is 19.1 Å². The minimum Gasteiger partial charge on any atom is -0.493 e. The third-order valence-corrected chi connectivity index (χ3v) is 6.04. The van der Waals surface area contributed by atoms with Gasteiger partial charge in [-0.25, -0.2) is 9.97 Å². The lowest BCUT2D eigenvalue weighted by Gasteiger charge is -2.20. The summed E-state index contributed by atoms with van der Waals surface area (Å²) >= 11 is 0. The Labute approximate surface area is 215 Å². The molecule has 37 heavy (non-hydrogen) atoms. The molecule has 0 radical (unpaired) electrons. The predicted molar refractivity (Wildman–Crippen MR) is 145 cm³/mol. The van der Waals surface area contributed by atoms with Crippen LogP contribution in [0.1, 0.15) is 46.0 Å². The second kappa shape index (κ2) is 10.5. The van der Waals surface area contributed by atoms with Crippen LogP contribution in [-0.2, 0) is 0 Å². The van der Waals surface area contributed by atoms with Gasteiger partial charge in [0.1, 0.15) is 0 Å². The zero-order valence-corrected chi connectivity index (χ0v) is 21.4. The van der Waals surface area contributed by atoms with Crippen LogP contribution in [0.3, 0.4) is 0 Å². The van der Waals surface area contributed by atoms with Gasteiger partial charge in [0.05, 0.1) is 25.4 Å². The van der Waals surface area contributed by atoms with Gasteiger partial charge in [0, 0.05) is 40.9 Å². The number of benzene rings is 3. The normalized spacial score (nSPS) is 10.9. The van der Waals surface area contributed by atoms with Crippen molar-refractivity contribution in [3.63, 3.8) is 0 Å². The zero-order chi connectivity index (χ0) is 26.7. The van der Waals surface area contributed by atoms with E-state index in [-0.39, 0.29) is 11.8 Å². The molecule has 0 saturated carbocycles. The lowest BCUT2D eigenvalue weighted by atomic mass is 9.91. The standard InChI is InChI=1S/C28H29N5O4/c1-15(2)24-18(7-6-8-20(24)31-27(35)17-11-9-16(10-12-17)26(29)34)25-19-13-22(36-4)23(37-5)14-21(19)32-28(30-3)33-25/h6-15H,1-5H3,(H2,29,34)(H,31,35)(H,30,32,33). The Hall–Kier alpha value is -4.66. The molecule has 0 saturated heterocycles. The maximum absolute atomic E-state index is 13.1. The zero-order valence-electron chi connectivity index (χ0n) is 21.4. The number of hydrogen-bond acceptors (Lipinski definition) is 7. The number of ether oxygens (including phenoxy) is 2. The van der Waals surface area contributed by atoms with Crippen molar-refractivity contribution in [2.45, 2.75) is 19.8 Å². The van der Waals surface area contributed by atoms with Crippen LogP contribution >= 0.6 is 0 Å². The highest BCUT2D eigenvalue weighted by Crippen LogP contribution is 2.40. The number of primary amides is 1. The monoisotopic (exact) mass is 499 g/mol. The van der Waals surface area contributed by atoms with Crippen molar-refractivity contribution in [2.24, 2.45) is 5.73 Å². The first kappa shape index (κ1) is 25.4. The summed E-state index contributed by atoms with van der Waals surface area (Å²) in [6.07, 6.45) is 0. The number of nitrogens with two attached hydrogens (primary N) is 1. The molecular weight excluding hydrogens is 470 g/mol. The number of rotatable bonds is 8. The first-order chi connectivity index (χ1) is 17.8. The van der Waals surface area contributed by atoms with Gasteiger partial charge >= 0.3 is 0 Å². The second-order valence-corrected chi connectivity index (χ2v) is 8.69. The molecular formula is C28H29N5O4. The molecule has 2 amide bonds. The number of carbonyl (C=O) groups excluding carboxylic acids is 2. The van der Waals surface area contributed by atoms with E-state index in [1.54, 1.807) is 33.4 Å². The molecule has 0 atom stereocenters. The van der Waals surface area contributed by atoms with Crippen LogP contribution in [-0.4, -0.2) is 43.0 Å². The number of hydrogen-bond donors (Lipinski definition) is 3. The van der Waals surface area contributed by atoms with Crippen molar-refractivity contribution in [3.8, 4) is 22.8 Å². The van der Waals surface area contributed by atoms with Gasteiger partial charge in [-0.3, -0.25) is 9.59 Å². The lowest BCUT2D eigenvalue weighted by molar-refractivity contribution is 0.0995. The molecule has 0 aliphatic carbocycles. The summed E-state index contributed by atoms with van der Waals surface area (Å²) in [5.41, 5.74) is 9.88. The van der Waals surface area contributed by atoms with Crippen LogP contribution in [0.15, 0.2) is 54.6 Å². The number of aromatic nitrogens is 2. The second-order valence-electron chi connectivity index (χ2n) is 8.69. The number of carbonyl (C=O) groups is 2. The maximum atomic E-state index is 13.1. The van der Waals surface area contributed by atoms with Crippen LogP contribution in [0.5, 0.6) is 11.5 Å². The van der Waals surface area contributed by atoms with Crippen LogP contribution in [0.2, 0.25) is 0 Å².